The third-order valence-corrected chi connectivity index (χ3v) is 10.6. The van der Waals surface area contributed by atoms with E-state index in [1.807, 2.05) is 48.5 Å². The maximum atomic E-state index is 14.8. The van der Waals surface area contributed by atoms with Crippen molar-refractivity contribution >= 4 is 16.0 Å². The van der Waals surface area contributed by atoms with Crippen LogP contribution in [0.25, 0.3) is 0 Å². The van der Waals surface area contributed by atoms with Crippen LogP contribution in [0.4, 0.5) is 4.39 Å². The molecular formula is C33H41FN2O4S. The van der Waals surface area contributed by atoms with Crippen molar-refractivity contribution in [2.24, 2.45) is 5.92 Å². The largest absolute Gasteiger partial charge is 0.466 e. The Hall–Kier alpha value is -3.07. The molecule has 0 aliphatic carbocycles. The van der Waals surface area contributed by atoms with E-state index in [9.17, 15) is 17.6 Å². The molecule has 0 aromatic heterocycles. The number of benzene rings is 3. The number of esters is 1. The zero-order valence-electron chi connectivity index (χ0n) is 23.8. The van der Waals surface area contributed by atoms with Gasteiger partial charge in [-0.25, -0.2) is 12.8 Å². The number of hydrogen-bond donors (Lipinski definition) is 1. The number of rotatable bonds is 14. The number of carbonyl (C=O) groups is 1. The van der Waals surface area contributed by atoms with Gasteiger partial charge in [-0.3, -0.25) is 4.79 Å². The Morgan fingerprint density at radius 3 is 2.20 bits per heavy atom. The van der Waals surface area contributed by atoms with Crippen molar-refractivity contribution in [1.29, 1.82) is 0 Å². The van der Waals surface area contributed by atoms with Gasteiger partial charge in [-0.2, -0.15) is 4.31 Å². The van der Waals surface area contributed by atoms with Gasteiger partial charge in [0.25, 0.3) is 0 Å². The van der Waals surface area contributed by atoms with Crippen molar-refractivity contribution in [2.45, 2.75) is 50.2 Å². The molecule has 1 aliphatic heterocycles. The first kappa shape index (κ1) is 30.9. The fourth-order valence-electron chi connectivity index (χ4n) is 5.81. The van der Waals surface area contributed by atoms with Crippen LogP contribution in [0.5, 0.6) is 0 Å². The fourth-order valence-corrected chi connectivity index (χ4v) is 8.21. The predicted molar refractivity (Wildman–Crippen MR) is 160 cm³/mol. The van der Waals surface area contributed by atoms with Crippen LogP contribution < -0.4 is 5.32 Å². The van der Waals surface area contributed by atoms with E-state index in [0.29, 0.717) is 44.6 Å². The number of sulfonamides is 1. The van der Waals surface area contributed by atoms with E-state index in [4.69, 9.17) is 4.74 Å². The quantitative estimate of drug-likeness (QED) is 0.202. The fraction of sp³-hybridized carbons (Fsp3) is 0.424. The second-order valence-corrected chi connectivity index (χ2v) is 12.9. The summed E-state index contributed by atoms with van der Waals surface area (Å²) in [4.78, 5) is 13.4. The summed E-state index contributed by atoms with van der Waals surface area (Å²) in [6.45, 7) is 3.85. The molecule has 2 atom stereocenters. The van der Waals surface area contributed by atoms with Crippen LogP contribution >= 0.6 is 0 Å². The van der Waals surface area contributed by atoms with Gasteiger partial charge < -0.3 is 10.1 Å². The minimum absolute atomic E-state index is 0.0742. The highest BCUT2D eigenvalue weighted by atomic mass is 32.2. The van der Waals surface area contributed by atoms with Crippen LogP contribution in [0.3, 0.4) is 0 Å². The normalized spacial score (nSPS) is 16.5. The average molecular weight is 581 g/mol. The zero-order chi connectivity index (χ0) is 29.1. The maximum Gasteiger partial charge on any atom is 0.309 e. The van der Waals surface area contributed by atoms with Gasteiger partial charge in [0.05, 0.1) is 12.5 Å². The summed E-state index contributed by atoms with van der Waals surface area (Å²) in [6.07, 6.45) is 3.03. The van der Waals surface area contributed by atoms with E-state index in [1.165, 1.54) is 17.7 Å². The molecule has 1 aliphatic rings. The number of piperazine rings is 1. The molecule has 0 saturated carbocycles. The standard InChI is InChI=1S/C33H41FN2O4S/c1-2-40-32(37)29(25-28-16-18-31(34)19-17-28)26-33(30-14-7-4-8-15-30,41(38,39)36-23-21-35-22-24-36)20-10-9-13-27-11-5-3-6-12-27/h3-8,11-12,14-19,29,35H,2,9-10,13,20-26H2,1H3. The Balaban J connectivity index is 1.74. The van der Waals surface area contributed by atoms with Gasteiger partial charge in [-0.15, -0.1) is 0 Å². The van der Waals surface area contributed by atoms with Crippen LogP contribution in [-0.4, -0.2) is 51.5 Å². The molecule has 6 nitrogen and oxygen atoms in total. The van der Waals surface area contributed by atoms with E-state index in [0.717, 1.165) is 18.4 Å². The molecule has 220 valence electrons. The molecule has 8 heteroatoms. The van der Waals surface area contributed by atoms with Crippen molar-refractivity contribution in [2.75, 3.05) is 32.8 Å². The second-order valence-electron chi connectivity index (χ2n) is 10.7. The Labute approximate surface area is 244 Å². The van der Waals surface area contributed by atoms with Crippen molar-refractivity contribution in [3.05, 3.63) is 107 Å². The Bertz CT molecular complexity index is 1330. The zero-order valence-corrected chi connectivity index (χ0v) is 24.6. The van der Waals surface area contributed by atoms with Crippen LogP contribution in [-0.2, 0) is 37.1 Å². The highest BCUT2D eigenvalue weighted by Gasteiger charge is 2.50. The first-order chi connectivity index (χ1) is 19.9. The molecule has 4 rings (SSSR count). The number of aryl methyl sites for hydroxylation is 1. The SMILES string of the molecule is CCOC(=O)C(Cc1ccc(F)cc1)CC(CCCCc1ccccc1)(c1ccccc1)S(=O)(=O)N1CCNCC1. The lowest BCUT2D eigenvalue weighted by molar-refractivity contribution is -0.148. The number of hydrogen-bond acceptors (Lipinski definition) is 5. The third-order valence-electron chi connectivity index (χ3n) is 7.94. The lowest BCUT2D eigenvalue weighted by Gasteiger charge is -2.41. The first-order valence-corrected chi connectivity index (χ1v) is 16.0. The minimum Gasteiger partial charge on any atom is -0.466 e. The van der Waals surface area contributed by atoms with Gasteiger partial charge in [0.2, 0.25) is 10.0 Å². The second kappa shape index (κ2) is 14.7. The molecule has 0 radical (unpaired) electrons. The third kappa shape index (κ3) is 7.82. The Morgan fingerprint density at radius 1 is 0.927 bits per heavy atom. The van der Waals surface area contributed by atoms with Crippen molar-refractivity contribution < 1.29 is 22.3 Å². The van der Waals surface area contributed by atoms with Gasteiger partial charge >= 0.3 is 5.97 Å². The van der Waals surface area contributed by atoms with Crippen LogP contribution in [0, 0.1) is 11.7 Å². The minimum atomic E-state index is -3.90. The summed E-state index contributed by atoms with van der Waals surface area (Å²) < 4.78 is 49.0. The summed E-state index contributed by atoms with van der Waals surface area (Å²) in [5, 5.41) is 3.25. The molecule has 0 bridgehead atoms. The van der Waals surface area contributed by atoms with Gasteiger partial charge in [0.15, 0.2) is 0 Å². The van der Waals surface area contributed by atoms with Gasteiger partial charge in [-0.05, 0) is 67.9 Å². The topological polar surface area (TPSA) is 75.7 Å². The number of nitrogens with zero attached hydrogens (tertiary/aromatic N) is 1. The monoisotopic (exact) mass is 580 g/mol. The summed E-state index contributed by atoms with van der Waals surface area (Å²) in [5.74, 6) is -1.52. The lowest BCUT2D eigenvalue weighted by Crippen LogP contribution is -2.54. The number of nitrogens with one attached hydrogen (secondary N) is 1. The molecular weight excluding hydrogens is 539 g/mol. The predicted octanol–water partition coefficient (Wildman–Crippen LogP) is 5.48. The van der Waals surface area contributed by atoms with E-state index in [2.05, 4.69) is 17.4 Å². The molecule has 1 saturated heterocycles. The molecule has 3 aromatic rings. The van der Waals surface area contributed by atoms with Gasteiger partial charge in [-0.1, -0.05) is 79.2 Å². The highest BCUT2D eigenvalue weighted by molar-refractivity contribution is 7.90. The van der Waals surface area contributed by atoms with Crippen LogP contribution in [0.1, 0.15) is 49.3 Å². The molecule has 0 amide bonds. The van der Waals surface area contributed by atoms with E-state index < -0.39 is 26.7 Å². The van der Waals surface area contributed by atoms with Crippen molar-refractivity contribution in [1.82, 2.24) is 9.62 Å². The molecule has 41 heavy (non-hydrogen) atoms. The average Bonchev–Trinajstić information content (AvgIpc) is 3.00. The van der Waals surface area contributed by atoms with Gasteiger partial charge in [0, 0.05) is 26.2 Å². The maximum absolute atomic E-state index is 14.8. The molecule has 3 aromatic carbocycles. The summed E-state index contributed by atoms with van der Waals surface area (Å²) in [7, 11) is -3.90. The Kier molecular flexibility index (Phi) is 11.1. The van der Waals surface area contributed by atoms with Crippen LogP contribution in [0.15, 0.2) is 84.9 Å². The van der Waals surface area contributed by atoms with Gasteiger partial charge in [0.1, 0.15) is 10.6 Å². The molecule has 1 fully saturated rings. The van der Waals surface area contributed by atoms with Crippen molar-refractivity contribution in [3.8, 4) is 0 Å². The number of ether oxygens (including phenoxy) is 1. The Morgan fingerprint density at radius 2 is 1.56 bits per heavy atom. The van der Waals surface area contributed by atoms with E-state index >= 15 is 0 Å². The smallest absolute Gasteiger partial charge is 0.309 e. The van der Waals surface area contributed by atoms with Crippen LogP contribution in [0.2, 0.25) is 0 Å². The summed E-state index contributed by atoms with van der Waals surface area (Å²) >= 11 is 0. The van der Waals surface area contributed by atoms with E-state index in [-0.39, 0.29) is 25.3 Å². The first-order valence-electron chi connectivity index (χ1n) is 14.6. The molecule has 1 N–H and O–H groups in total. The van der Waals surface area contributed by atoms with Crippen molar-refractivity contribution in [3.63, 3.8) is 0 Å². The molecule has 2 unspecified atom stereocenters. The highest BCUT2D eigenvalue weighted by Crippen LogP contribution is 2.44. The lowest BCUT2D eigenvalue weighted by atomic mass is 9.81. The molecule has 0 spiro atoms. The number of unbranched alkanes of at least 4 members (excludes halogenated alkanes) is 1. The summed E-state index contributed by atoms with van der Waals surface area (Å²) in [5.41, 5.74) is 2.66. The van der Waals surface area contributed by atoms with E-state index in [1.54, 1.807) is 23.4 Å². The number of halogens is 1. The summed E-state index contributed by atoms with van der Waals surface area (Å²) in [6, 6.07) is 25.6. The molecule has 1 heterocycles. The number of carbonyl (C=O) groups excluding carboxylic acids is 1.